The average Bonchev–Trinajstić information content (AvgIpc) is 3.01. The van der Waals surface area contributed by atoms with E-state index in [1.807, 2.05) is 5.38 Å². The zero-order chi connectivity index (χ0) is 14.9. The van der Waals surface area contributed by atoms with Crippen LogP contribution in [0.15, 0.2) is 23.6 Å². The van der Waals surface area contributed by atoms with E-state index in [1.165, 1.54) is 11.3 Å². The monoisotopic (exact) mass is 314 g/mol. The first-order valence-corrected chi connectivity index (χ1v) is 7.38. The topological polar surface area (TPSA) is 41.1 Å². The molecule has 3 heterocycles. The maximum Gasteiger partial charge on any atom is 0.433 e. The van der Waals surface area contributed by atoms with Crippen molar-refractivity contribution in [2.45, 2.75) is 6.18 Å². The molecule has 0 atom stereocenters. The number of nitrogens with one attached hydrogen (secondary N) is 1. The van der Waals surface area contributed by atoms with Gasteiger partial charge in [0, 0.05) is 26.2 Å². The lowest BCUT2D eigenvalue weighted by Gasteiger charge is -2.28. The van der Waals surface area contributed by atoms with Gasteiger partial charge in [-0.2, -0.15) is 13.2 Å². The lowest BCUT2D eigenvalue weighted by molar-refractivity contribution is -0.141. The summed E-state index contributed by atoms with van der Waals surface area (Å²) >= 11 is 1.36. The molecule has 3 rings (SSSR count). The second kappa shape index (κ2) is 5.61. The molecule has 1 saturated heterocycles. The van der Waals surface area contributed by atoms with Gasteiger partial charge in [-0.3, -0.25) is 0 Å². The van der Waals surface area contributed by atoms with Crippen LogP contribution in [0.4, 0.5) is 19.1 Å². The molecule has 21 heavy (non-hydrogen) atoms. The van der Waals surface area contributed by atoms with Gasteiger partial charge in [0.2, 0.25) is 5.95 Å². The predicted octanol–water partition coefficient (Wildman–Crippen LogP) is 2.63. The first-order valence-electron chi connectivity index (χ1n) is 6.50. The maximum absolute atomic E-state index is 13.0. The van der Waals surface area contributed by atoms with Crippen molar-refractivity contribution in [1.82, 2.24) is 15.3 Å². The summed E-state index contributed by atoms with van der Waals surface area (Å²) in [5, 5.41) is 4.97. The largest absolute Gasteiger partial charge is 0.433 e. The summed E-state index contributed by atoms with van der Waals surface area (Å²) in [6, 6.07) is 4.56. The van der Waals surface area contributed by atoms with E-state index in [4.69, 9.17) is 0 Å². The Morgan fingerprint density at radius 1 is 1.19 bits per heavy atom. The first-order chi connectivity index (χ1) is 10.0. The lowest BCUT2D eigenvalue weighted by Crippen LogP contribution is -2.44. The van der Waals surface area contributed by atoms with Gasteiger partial charge < -0.3 is 10.2 Å². The quantitative estimate of drug-likeness (QED) is 0.925. The van der Waals surface area contributed by atoms with Gasteiger partial charge in [-0.05, 0) is 17.5 Å². The Kier molecular flexibility index (Phi) is 3.81. The fourth-order valence-electron chi connectivity index (χ4n) is 2.14. The molecule has 1 aliphatic heterocycles. The molecule has 0 aromatic carbocycles. The van der Waals surface area contributed by atoms with E-state index in [2.05, 4.69) is 15.3 Å². The number of alkyl halides is 3. The second-order valence-electron chi connectivity index (χ2n) is 4.65. The highest BCUT2D eigenvalue weighted by molar-refractivity contribution is 7.13. The number of rotatable bonds is 2. The van der Waals surface area contributed by atoms with Crippen molar-refractivity contribution in [3.63, 3.8) is 0 Å². The van der Waals surface area contributed by atoms with E-state index in [9.17, 15) is 13.2 Å². The van der Waals surface area contributed by atoms with Crippen LogP contribution in [0.3, 0.4) is 0 Å². The van der Waals surface area contributed by atoms with E-state index in [1.54, 1.807) is 17.0 Å². The van der Waals surface area contributed by atoms with E-state index in [0.29, 0.717) is 36.8 Å². The minimum Gasteiger partial charge on any atom is -0.338 e. The molecule has 4 nitrogen and oxygen atoms in total. The molecular formula is C13H13F3N4S. The molecular weight excluding hydrogens is 301 g/mol. The van der Waals surface area contributed by atoms with Crippen molar-refractivity contribution in [3.8, 4) is 10.6 Å². The van der Waals surface area contributed by atoms with Crippen LogP contribution in [-0.2, 0) is 6.18 Å². The van der Waals surface area contributed by atoms with Gasteiger partial charge in [0.25, 0.3) is 0 Å². The highest BCUT2D eigenvalue weighted by atomic mass is 32.1. The summed E-state index contributed by atoms with van der Waals surface area (Å²) in [7, 11) is 0. The smallest absolute Gasteiger partial charge is 0.338 e. The van der Waals surface area contributed by atoms with Gasteiger partial charge in [-0.1, -0.05) is 6.07 Å². The normalized spacial score (nSPS) is 16.2. The zero-order valence-corrected chi connectivity index (χ0v) is 11.8. The number of anilines is 1. The molecule has 1 N–H and O–H groups in total. The van der Waals surface area contributed by atoms with E-state index >= 15 is 0 Å². The number of hydrogen-bond donors (Lipinski definition) is 1. The highest BCUT2D eigenvalue weighted by Gasteiger charge is 2.34. The predicted molar refractivity (Wildman–Crippen MR) is 75.4 cm³/mol. The number of halogens is 3. The fraction of sp³-hybridized carbons (Fsp3) is 0.385. The Bertz CT molecular complexity index is 606. The summed E-state index contributed by atoms with van der Waals surface area (Å²) in [6.07, 6.45) is -4.47. The van der Waals surface area contributed by atoms with Gasteiger partial charge in [0.05, 0.1) is 10.6 Å². The summed E-state index contributed by atoms with van der Waals surface area (Å²) in [6.45, 7) is 2.64. The second-order valence-corrected chi connectivity index (χ2v) is 5.60. The molecule has 112 valence electrons. The number of piperazine rings is 1. The summed E-state index contributed by atoms with van der Waals surface area (Å²) in [4.78, 5) is 10.5. The number of thiophene rings is 1. The Morgan fingerprint density at radius 3 is 2.57 bits per heavy atom. The van der Waals surface area contributed by atoms with Crippen LogP contribution in [0.5, 0.6) is 0 Å². The standard InChI is InChI=1S/C13H13F3N4S/c14-13(15,16)11-8-9(10-2-1-7-21-10)18-12(19-11)20-5-3-17-4-6-20/h1-2,7-8,17H,3-6H2. The first kappa shape index (κ1) is 14.3. The van der Waals surface area contributed by atoms with Crippen LogP contribution >= 0.6 is 11.3 Å². The summed E-state index contributed by atoms with van der Waals surface area (Å²) < 4.78 is 39.1. The molecule has 0 radical (unpaired) electrons. The van der Waals surface area contributed by atoms with E-state index < -0.39 is 11.9 Å². The third kappa shape index (κ3) is 3.16. The molecule has 0 saturated carbocycles. The lowest BCUT2D eigenvalue weighted by atomic mass is 10.2. The van der Waals surface area contributed by atoms with E-state index in [-0.39, 0.29) is 5.95 Å². The molecule has 0 unspecified atom stereocenters. The van der Waals surface area contributed by atoms with Gasteiger partial charge >= 0.3 is 6.18 Å². The summed E-state index contributed by atoms with van der Waals surface area (Å²) in [5.74, 6) is 0.148. The van der Waals surface area contributed by atoms with Crippen LogP contribution in [-0.4, -0.2) is 36.1 Å². The summed E-state index contributed by atoms with van der Waals surface area (Å²) in [5.41, 5.74) is -0.574. The van der Waals surface area contributed by atoms with E-state index in [0.717, 1.165) is 6.07 Å². The van der Waals surface area contributed by atoms with Crippen molar-refractivity contribution < 1.29 is 13.2 Å². The zero-order valence-electron chi connectivity index (χ0n) is 11.0. The number of nitrogens with zero attached hydrogens (tertiary/aromatic N) is 3. The Morgan fingerprint density at radius 2 is 1.95 bits per heavy atom. The van der Waals surface area contributed by atoms with Crippen LogP contribution in [0, 0.1) is 0 Å². The van der Waals surface area contributed by atoms with Crippen molar-refractivity contribution in [2.75, 3.05) is 31.1 Å². The van der Waals surface area contributed by atoms with Crippen LogP contribution < -0.4 is 10.2 Å². The average molecular weight is 314 g/mol. The molecule has 0 amide bonds. The maximum atomic E-state index is 13.0. The van der Waals surface area contributed by atoms with Crippen molar-refractivity contribution in [3.05, 3.63) is 29.3 Å². The molecule has 2 aromatic rings. The van der Waals surface area contributed by atoms with Gasteiger partial charge in [-0.25, -0.2) is 9.97 Å². The van der Waals surface area contributed by atoms with Crippen molar-refractivity contribution in [2.24, 2.45) is 0 Å². The minimum atomic E-state index is -4.47. The van der Waals surface area contributed by atoms with Crippen LogP contribution in [0.1, 0.15) is 5.69 Å². The van der Waals surface area contributed by atoms with Gasteiger partial charge in [0.15, 0.2) is 5.69 Å². The molecule has 1 fully saturated rings. The number of hydrogen-bond acceptors (Lipinski definition) is 5. The van der Waals surface area contributed by atoms with Gasteiger partial charge in [0.1, 0.15) is 0 Å². The Labute approximate surface area is 123 Å². The Balaban J connectivity index is 2.04. The third-order valence-corrected chi connectivity index (χ3v) is 4.07. The highest BCUT2D eigenvalue weighted by Crippen LogP contribution is 2.33. The van der Waals surface area contributed by atoms with Gasteiger partial charge in [-0.15, -0.1) is 11.3 Å². The van der Waals surface area contributed by atoms with Crippen molar-refractivity contribution >= 4 is 17.3 Å². The SMILES string of the molecule is FC(F)(F)c1cc(-c2cccs2)nc(N2CCNCC2)n1. The van der Waals surface area contributed by atoms with Crippen molar-refractivity contribution in [1.29, 1.82) is 0 Å². The molecule has 0 bridgehead atoms. The third-order valence-electron chi connectivity index (χ3n) is 3.18. The van der Waals surface area contributed by atoms with Crippen LogP contribution in [0.25, 0.3) is 10.6 Å². The molecule has 1 aliphatic rings. The molecule has 0 spiro atoms. The molecule has 2 aromatic heterocycles. The fourth-order valence-corrected chi connectivity index (χ4v) is 2.82. The van der Waals surface area contributed by atoms with Crippen LogP contribution in [0.2, 0.25) is 0 Å². The minimum absolute atomic E-state index is 0.148. The molecule has 8 heteroatoms. The number of aromatic nitrogens is 2. The molecule has 0 aliphatic carbocycles. The Hall–Kier alpha value is -1.67.